The van der Waals surface area contributed by atoms with Gasteiger partial charge in [0.05, 0.1) is 11.8 Å². The summed E-state index contributed by atoms with van der Waals surface area (Å²) >= 11 is 0. The minimum Gasteiger partial charge on any atom is -0.335 e. The Labute approximate surface area is 156 Å². The van der Waals surface area contributed by atoms with Crippen molar-refractivity contribution < 1.29 is 13.2 Å². The van der Waals surface area contributed by atoms with Crippen LogP contribution in [0.25, 0.3) is 0 Å². The fraction of sp³-hybridized carbons (Fsp3) is 0.350. The van der Waals surface area contributed by atoms with Crippen LogP contribution in [0.1, 0.15) is 31.0 Å². The summed E-state index contributed by atoms with van der Waals surface area (Å²) in [6, 6.07) is 19.1. The van der Waals surface area contributed by atoms with Gasteiger partial charge >= 0.3 is 0 Å². The van der Waals surface area contributed by atoms with Gasteiger partial charge in [-0.2, -0.15) is 0 Å². The van der Waals surface area contributed by atoms with Gasteiger partial charge in [0.25, 0.3) is 0 Å². The minimum atomic E-state index is -3.38. The maximum Gasteiger partial charge on any atom is 0.219 e. The van der Waals surface area contributed by atoms with Gasteiger partial charge in [-0.3, -0.25) is 4.79 Å². The third kappa shape index (κ3) is 6.28. The highest BCUT2D eigenvalue weighted by molar-refractivity contribution is 7.89. The molecule has 0 aliphatic rings. The molecular formula is C20H26N2O3S. The van der Waals surface area contributed by atoms with Crippen molar-refractivity contribution in [2.75, 3.05) is 18.8 Å². The van der Waals surface area contributed by atoms with Crippen molar-refractivity contribution in [1.82, 2.24) is 9.62 Å². The van der Waals surface area contributed by atoms with Crippen LogP contribution in [0.2, 0.25) is 0 Å². The summed E-state index contributed by atoms with van der Waals surface area (Å²) in [5.74, 6) is -0.0458. The van der Waals surface area contributed by atoms with Gasteiger partial charge in [0.1, 0.15) is 0 Å². The van der Waals surface area contributed by atoms with Crippen molar-refractivity contribution in [3.63, 3.8) is 0 Å². The van der Waals surface area contributed by atoms with Gasteiger partial charge in [0.2, 0.25) is 15.9 Å². The first-order valence-electron chi connectivity index (χ1n) is 8.72. The SMILES string of the molecule is CC(=O)N(CCNS(=O)(=O)CCc1ccccc1)C(C)c1ccccc1. The molecule has 0 saturated heterocycles. The predicted octanol–water partition coefficient (Wildman–Crippen LogP) is 2.76. The van der Waals surface area contributed by atoms with Gasteiger partial charge in [0.15, 0.2) is 0 Å². The molecular weight excluding hydrogens is 348 g/mol. The number of carbonyl (C=O) groups is 1. The highest BCUT2D eigenvalue weighted by atomic mass is 32.2. The zero-order chi connectivity index (χ0) is 19.0. The third-order valence-corrected chi connectivity index (χ3v) is 5.72. The first-order valence-corrected chi connectivity index (χ1v) is 10.4. The van der Waals surface area contributed by atoms with Crippen molar-refractivity contribution in [1.29, 1.82) is 0 Å². The third-order valence-electron chi connectivity index (χ3n) is 4.33. The molecule has 6 heteroatoms. The molecule has 140 valence electrons. The van der Waals surface area contributed by atoms with Crippen LogP contribution in [0.5, 0.6) is 0 Å². The average molecular weight is 375 g/mol. The Bertz CT molecular complexity index is 792. The van der Waals surface area contributed by atoms with Gasteiger partial charge in [-0.1, -0.05) is 60.7 Å². The minimum absolute atomic E-state index is 0.0331. The lowest BCUT2D eigenvalue weighted by Gasteiger charge is -2.28. The highest BCUT2D eigenvalue weighted by Crippen LogP contribution is 2.19. The highest BCUT2D eigenvalue weighted by Gasteiger charge is 2.19. The van der Waals surface area contributed by atoms with Crippen LogP contribution >= 0.6 is 0 Å². The van der Waals surface area contributed by atoms with E-state index in [4.69, 9.17) is 0 Å². The van der Waals surface area contributed by atoms with E-state index in [9.17, 15) is 13.2 Å². The van der Waals surface area contributed by atoms with Crippen LogP contribution in [0.3, 0.4) is 0 Å². The Morgan fingerprint density at radius 3 is 2.19 bits per heavy atom. The molecule has 1 unspecified atom stereocenters. The van der Waals surface area contributed by atoms with E-state index in [2.05, 4.69) is 4.72 Å². The molecule has 2 aromatic carbocycles. The molecule has 2 rings (SSSR count). The molecule has 0 aliphatic heterocycles. The number of rotatable bonds is 9. The average Bonchev–Trinajstić information content (AvgIpc) is 2.64. The summed E-state index contributed by atoms with van der Waals surface area (Å²) in [6.07, 6.45) is 0.465. The maximum atomic E-state index is 12.2. The Balaban J connectivity index is 1.87. The number of benzene rings is 2. The van der Waals surface area contributed by atoms with E-state index >= 15 is 0 Å². The number of amides is 1. The zero-order valence-corrected chi connectivity index (χ0v) is 16.1. The molecule has 1 amide bonds. The van der Waals surface area contributed by atoms with E-state index in [1.54, 1.807) is 4.90 Å². The van der Waals surface area contributed by atoms with Crippen molar-refractivity contribution in [2.45, 2.75) is 26.3 Å². The maximum absolute atomic E-state index is 12.2. The lowest BCUT2D eigenvalue weighted by atomic mass is 10.1. The Morgan fingerprint density at radius 2 is 1.62 bits per heavy atom. The van der Waals surface area contributed by atoms with Crippen molar-refractivity contribution in [3.8, 4) is 0 Å². The van der Waals surface area contributed by atoms with E-state index < -0.39 is 10.0 Å². The summed E-state index contributed by atoms with van der Waals surface area (Å²) in [6.45, 7) is 3.98. The monoisotopic (exact) mass is 374 g/mol. The van der Waals surface area contributed by atoms with Gasteiger partial charge in [-0.15, -0.1) is 0 Å². The second-order valence-corrected chi connectivity index (χ2v) is 8.17. The normalized spacial score (nSPS) is 12.5. The number of carbonyl (C=O) groups excluding carboxylic acids is 1. The fourth-order valence-electron chi connectivity index (χ4n) is 2.83. The second-order valence-electron chi connectivity index (χ2n) is 6.25. The van der Waals surface area contributed by atoms with Crippen molar-refractivity contribution >= 4 is 15.9 Å². The first kappa shape index (κ1) is 20.1. The summed E-state index contributed by atoms with van der Waals surface area (Å²) in [7, 11) is -3.38. The summed E-state index contributed by atoms with van der Waals surface area (Å²) < 4.78 is 27.0. The predicted molar refractivity (Wildman–Crippen MR) is 104 cm³/mol. The quantitative estimate of drug-likeness (QED) is 0.734. The molecule has 1 atom stereocenters. The molecule has 2 aromatic rings. The molecule has 0 saturated carbocycles. The molecule has 26 heavy (non-hydrogen) atoms. The van der Waals surface area contributed by atoms with Crippen molar-refractivity contribution in [3.05, 3.63) is 71.8 Å². The number of hydrogen-bond acceptors (Lipinski definition) is 3. The fourth-order valence-corrected chi connectivity index (χ4v) is 3.88. The Morgan fingerprint density at radius 1 is 1.04 bits per heavy atom. The van der Waals surface area contributed by atoms with E-state index in [1.807, 2.05) is 67.6 Å². The molecule has 0 heterocycles. The van der Waals surface area contributed by atoms with Crippen LogP contribution in [0, 0.1) is 0 Å². The van der Waals surface area contributed by atoms with E-state index in [1.165, 1.54) is 6.92 Å². The number of nitrogens with zero attached hydrogens (tertiary/aromatic N) is 1. The topological polar surface area (TPSA) is 66.5 Å². The molecule has 0 aliphatic carbocycles. The molecule has 0 aromatic heterocycles. The zero-order valence-electron chi connectivity index (χ0n) is 15.3. The van der Waals surface area contributed by atoms with Crippen LogP contribution in [-0.2, 0) is 21.2 Å². The number of nitrogens with one attached hydrogen (secondary N) is 1. The van der Waals surface area contributed by atoms with E-state index in [0.717, 1.165) is 11.1 Å². The van der Waals surface area contributed by atoms with Gasteiger partial charge in [-0.25, -0.2) is 13.1 Å². The molecule has 5 nitrogen and oxygen atoms in total. The van der Waals surface area contributed by atoms with Gasteiger partial charge < -0.3 is 4.90 Å². The standard InChI is InChI=1S/C20H26N2O3S/c1-17(20-11-7-4-8-12-20)22(18(2)23)15-14-21-26(24,25)16-13-19-9-5-3-6-10-19/h3-12,17,21H,13-16H2,1-2H3. The lowest BCUT2D eigenvalue weighted by molar-refractivity contribution is -0.130. The van der Waals surface area contributed by atoms with E-state index in [-0.39, 0.29) is 24.2 Å². The van der Waals surface area contributed by atoms with Crippen LogP contribution in [0.15, 0.2) is 60.7 Å². The first-order chi connectivity index (χ1) is 12.4. The van der Waals surface area contributed by atoms with Crippen LogP contribution in [-0.4, -0.2) is 38.1 Å². The van der Waals surface area contributed by atoms with Gasteiger partial charge in [0, 0.05) is 20.0 Å². The van der Waals surface area contributed by atoms with E-state index in [0.29, 0.717) is 13.0 Å². The summed E-state index contributed by atoms with van der Waals surface area (Å²) in [5.41, 5.74) is 2.01. The summed E-state index contributed by atoms with van der Waals surface area (Å²) in [4.78, 5) is 13.6. The molecule has 0 fully saturated rings. The lowest BCUT2D eigenvalue weighted by Crippen LogP contribution is -2.39. The van der Waals surface area contributed by atoms with Gasteiger partial charge in [-0.05, 0) is 24.5 Å². The smallest absolute Gasteiger partial charge is 0.219 e. The Hall–Kier alpha value is -2.18. The Kier molecular flexibility index (Phi) is 7.36. The molecule has 0 spiro atoms. The molecule has 1 N–H and O–H groups in total. The number of hydrogen-bond donors (Lipinski definition) is 1. The second kappa shape index (κ2) is 9.50. The van der Waals surface area contributed by atoms with Crippen LogP contribution < -0.4 is 4.72 Å². The number of sulfonamides is 1. The number of aryl methyl sites for hydroxylation is 1. The molecule has 0 bridgehead atoms. The van der Waals surface area contributed by atoms with Crippen molar-refractivity contribution in [2.24, 2.45) is 0 Å². The summed E-state index contributed by atoms with van der Waals surface area (Å²) in [5, 5.41) is 0. The molecule has 0 radical (unpaired) electrons. The largest absolute Gasteiger partial charge is 0.335 e. The van der Waals surface area contributed by atoms with Crippen LogP contribution in [0.4, 0.5) is 0 Å².